The molecule has 3 rings (SSSR count). The second-order valence-electron chi connectivity index (χ2n) is 5.80. The number of rotatable bonds is 2. The van der Waals surface area contributed by atoms with Gasteiger partial charge in [-0.15, -0.1) is 12.4 Å². The fraction of sp³-hybridized carbons (Fsp3) is 0.278. The van der Waals surface area contributed by atoms with Crippen molar-refractivity contribution < 1.29 is 4.79 Å². The molecule has 2 aromatic rings. The van der Waals surface area contributed by atoms with Crippen LogP contribution < -0.4 is 5.73 Å². The summed E-state index contributed by atoms with van der Waals surface area (Å²) in [4.78, 5) is 14.7. The predicted octanol–water partition coefficient (Wildman–Crippen LogP) is 3.75. The minimum Gasteiger partial charge on any atom is -0.336 e. The quantitative estimate of drug-likeness (QED) is 0.842. The van der Waals surface area contributed by atoms with E-state index in [-0.39, 0.29) is 30.3 Å². The van der Waals surface area contributed by atoms with Crippen LogP contribution >= 0.6 is 28.3 Å². The molecule has 0 unspecified atom stereocenters. The number of benzene rings is 2. The zero-order chi connectivity index (χ0) is 15.7. The van der Waals surface area contributed by atoms with Crippen molar-refractivity contribution in [2.24, 2.45) is 5.73 Å². The van der Waals surface area contributed by atoms with Gasteiger partial charge in [-0.1, -0.05) is 52.3 Å². The molecular weight excluding hydrogens is 376 g/mol. The van der Waals surface area contributed by atoms with Crippen molar-refractivity contribution >= 4 is 34.2 Å². The highest BCUT2D eigenvalue weighted by molar-refractivity contribution is 9.10. The Morgan fingerprint density at radius 1 is 1.13 bits per heavy atom. The Labute approximate surface area is 151 Å². The van der Waals surface area contributed by atoms with Crippen molar-refractivity contribution in [1.29, 1.82) is 0 Å². The van der Waals surface area contributed by atoms with Gasteiger partial charge < -0.3 is 10.6 Å². The molecule has 122 valence electrons. The summed E-state index contributed by atoms with van der Waals surface area (Å²) in [5, 5.41) is 0. The van der Waals surface area contributed by atoms with Gasteiger partial charge in [-0.05, 0) is 30.2 Å². The Balaban J connectivity index is 0.00000192. The van der Waals surface area contributed by atoms with Gasteiger partial charge in [0.05, 0.1) is 0 Å². The van der Waals surface area contributed by atoms with Crippen LogP contribution in [-0.4, -0.2) is 29.9 Å². The summed E-state index contributed by atoms with van der Waals surface area (Å²) in [5.41, 5.74) is 9.21. The minimum atomic E-state index is -0.0150. The van der Waals surface area contributed by atoms with Crippen molar-refractivity contribution in [3.63, 3.8) is 0 Å². The molecule has 1 saturated heterocycles. The Morgan fingerprint density at radius 2 is 1.83 bits per heavy atom. The van der Waals surface area contributed by atoms with E-state index in [0.717, 1.165) is 15.6 Å². The lowest BCUT2D eigenvalue weighted by Crippen LogP contribution is -2.32. The molecule has 0 saturated carbocycles. The Morgan fingerprint density at radius 3 is 2.52 bits per heavy atom. The fourth-order valence-electron chi connectivity index (χ4n) is 3.06. The van der Waals surface area contributed by atoms with E-state index in [0.29, 0.717) is 13.1 Å². The fourth-order valence-corrected chi connectivity index (χ4v) is 3.42. The highest BCUT2D eigenvalue weighted by atomic mass is 79.9. The first kappa shape index (κ1) is 18.0. The number of nitrogens with two attached hydrogens (primary N) is 1. The summed E-state index contributed by atoms with van der Waals surface area (Å²) in [7, 11) is 0. The summed E-state index contributed by atoms with van der Waals surface area (Å²) in [6.07, 6.45) is 0. The van der Waals surface area contributed by atoms with E-state index in [9.17, 15) is 4.79 Å². The zero-order valence-corrected chi connectivity index (χ0v) is 15.3. The number of amides is 1. The maximum Gasteiger partial charge on any atom is 0.254 e. The average molecular weight is 396 g/mol. The van der Waals surface area contributed by atoms with Crippen molar-refractivity contribution in [1.82, 2.24) is 4.90 Å². The van der Waals surface area contributed by atoms with Crippen LogP contribution in [0.1, 0.15) is 27.4 Å². The molecule has 5 heteroatoms. The molecule has 1 heterocycles. The number of carbonyl (C=O) groups is 1. The van der Waals surface area contributed by atoms with Gasteiger partial charge in [0.1, 0.15) is 0 Å². The van der Waals surface area contributed by atoms with Crippen LogP contribution in [0, 0.1) is 6.92 Å². The number of hydrogen-bond donors (Lipinski definition) is 1. The van der Waals surface area contributed by atoms with Crippen molar-refractivity contribution in [2.75, 3.05) is 13.1 Å². The van der Waals surface area contributed by atoms with Gasteiger partial charge >= 0.3 is 0 Å². The van der Waals surface area contributed by atoms with Crippen LogP contribution in [0.15, 0.2) is 53.0 Å². The zero-order valence-electron chi connectivity index (χ0n) is 12.9. The third-order valence-electron chi connectivity index (χ3n) is 4.38. The summed E-state index contributed by atoms with van der Waals surface area (Å²) >= 11 is 3.49. The molecule has 1 amide bonds. The molecule has 2 atom stereocenters. The lowest BCUT2D eigenvalue weighted by Gasteiger charge is -2.18. The van der Waals surface area contributed by atoms with Gasteiger partial charge in [-0.3, -0.25) is 4.79 Å². The van der Waals surface area contributed by atoms with Gasteiger partial charge in [-0.2, -0.15) is 0 Å². The largest absolute Gasteiger partial charge is 0.336 e. The molecule has 0 radical (unpaired) electrons. The minimum absolute atomic E-state index is 0. The lowest BCUT2D eigenvalue weighted by molar-refractivity contribution is 0.0788. The van der Waals surface area contributed by atoms with Crippen LogP contribution in [0.4, 0.5) is 0 Å². The number of halogens is 2. The van der Waals surface area contributed by atoms with Crippen molar-refractivity contribution in [2.45, 2.75) is 18.9 Å². The molecule has 1 fully saturated rings. The Bertz CT molecular complexity index is 693. The van der Waals surface area contributed by atoms with Crippen LogP contribution in [0.5, 0.6) is 0 Å². The average Bonchev–Trinajstić information content (AvgIpc) is 2.92. The number of hydrogen-bond acceptors (Lipinski definition) is 2. The normalized spacial score (nSPS) is 20.2. The van der Waals surface area contributed by atoms with Gasteiger partial charge in [0.15, 0.2) is 0 Å². The third kappa shape index (κ3) is 3.60. The van der Waals surface area contributed by atoms with E-state index in [4.69, 9.17) is 5.73 Å². The smallest absolute Gasteiger partial charge is 0.254 e. The first-order chi connectivity index (χ1) is 10.6. The van der Waals surface area contributed by atoms with Crippen molar-refractivity contribution in [3.05, 3.63) is 69.7 Å². The molecule has 1 aliphatic heterocycles. The summed E-state index contributed by atoms with van der Waals surface area (Å²) in [6, 6.07) is 15.9. The van der Waals surface area contributed by atoms with E-state index in [1.54, 1.807) is 0 Å². The molecule has 0 spiro atoms. The predicted molar refractivity (Wildman–Crippen MR) is 99.2 cm³/mol. The van der Waals surface area contributed by atoms with Gasteiger partial charge in [0.2, 0.25) is 0 Å². The van der Waals surface area contributed by atoms with Gasteiger partial charge in [0, 0.05) is 35.1 Å². The first-order valence-electron chi connectivity index (χ1n) is 7.43. The topological polar surface area (TPSA) is 46.3 Å². The van der Waals surface area contributed by atoms with E-state index in [1.165, 1.54) is 5.56 Å². The highest BCUT2D eigenvalue weighted by Gasteiger charge is 2.34. The van der Waals surface area contributed by atoms with E-state index < -0.39 is 0 Å². The highest BCUT2D eigenvalue weighted by Crippen LogP contribution is 2.28. The molecule has 0 aliphatic carbocycles. The Hall–Kier alpha value is -1.36. The van der Waals surface area contributed by atoms with Crippen molar-refractivity contribution in [3.8, 4) is 0 Å². The standard InChI is InChI=1S/C18H19BrN2O.ClH/c1-12-14(8-5-9-16(12)19)18(22)21-10-15(17(20)11-21)13-6-3-2-4-7-13;/h2-9,15,17H,10-11,20H2,1H3;1H/t15-,17+;/m0./s1. The third-order valence-corrected chi connectivity index (χ3v) is 5.24. The Kier molecular flexibility index (Phi) is 5.84. The van der Waals surface area contributed by atoms with Crippen LogP contribution in [0.3, 0.4) is 0 Å². The van der Waals surface area contributed by atoms with Crippen LogP contribution in [-0.2, 0) is 0 Å². The summed E-state index contributed by atoms with van der Waals surface area (Å²) in [5.74, 6) is 0.269. The molecule has 0 bridgehead atoms. The SMILES string of the molecule is Cc1c(Br)cccc1C(=O)N1C[C@@H](N)[C@H](c2ccccc2)C1.Cl. The molecular formula is C18H20BrClN2O. The molecule has 1 aliphatic rings. The number of nitrogens with zero attached hydrogens (tertiary/aromatic N) is 1. The first-order valence-corrected chi connectivity index (χ1v) is 8.22. The number of likely N-dealkylation sites (tertiary alicyclic amines) is 1. The van der Waals surface area contributed by atoms with Crippen LogP contribution in [0.25, 0.3) is 0 Å². The van der Waals surface area contributed by atoms with E-state index >= 15 is 0 Å². The monoisotopic (exact) mass is 394 g/mol. The molecule has 0 aromatic heterocycles. The second-order valence-corrected chi connectivity index (χ2v) is 6.66. The summed E-state index contributed by atoms with van der Waals surface area (Å²) in [6.45, 7) is 3.24. The maximum atomic E-state index is 12.8. The summed E-state index contributed by atoms with van der Waals surface area (Å²) < 4.78 is 0.960. The molecule has 2 N–H and O–H groups in total. The van der Waals surface area contributed by atoms with E-state index in [2.05, 4.69) is 28.1 Å². The maximum absolute atomic E-state index is 12.8. The lowest BCUT2D eigenvalue weighted by atomic mass is 9.95. The molecule has 2 aromatic carbocycles. The van der Waals surface area contributed by atoms with Gasteiger partial charge in [0.25, 0.3) is 5.91 Å². The van der Waals surface area contributed by atoms with E-state index in [1.807, 2.05) is 48.2 Å². The van der Waals surface area contributed by atoms with Gasteiger partial charge in [-0.25, -0.2) is 0 Å². The second kappa shape index (κ2) is 7.47. The molecule has 3 nitrogen and oxygen atoms in total. The number of carbonyl (C=O) groups excluding carboxylic acids is 1. The molecule has 23 heavy (non-hydrogen) atoms. The van der Waals surface area contributed by atoms with Crippen LogP contribution in [0.2, 0.25) is 0 Å².